The highest BCUT2D eigenvalue weighted by atomic mass is 35.5. The van der Waals surface area contributed by atoms with Gasteiger partial charge in [-0.2, -0.15) is 8.78 Å². The van der Waals surface area contributed by atoms with E-state index in [0.717, 1.165) is 37.9 Å². The first-order valence-corrected chi connectivity index (χ1v) is 10.6. The molecule has 1 heterocycles. The number of amides is 1. The van der Waals surface area contributed by atoms with Gasteiger partial charge in [-0.1, -0.05) is 47.6 Å². The van der Waals surface area contributed by atoms with Crippen LogP contribution in [0.15, 0.2) is 52.0 Å². The molecule has 1 aromatic carbocycles. The van der Waals surface area contributed by atoms with Crippen molar-refractivity contribution in [3.05, 3.63) is 52.6 Å². The first-order valence-electron chi connectivity index (χ1n) is 9.36. The van der Waals surface area contributed by atoms with E-state index in [1.54, 1.807) is 18.2 Å². The molecule has 1 saturated carbocycles. The molecule has 1 fully saturated rings. The lowest BCUT2D eigenvalue weighted by Crippen LogP contribution is -2.38. The Morgan fingerprint density at radius 2 is 2.07 bits per heavy atom. The summed E-state index contributed by atoms with van der Waals surface area (Å²) in [6.45, 7) is 2.73. The lowest BCUT2D eigenvalue weighted by molar-refractivity contribution is -0.117. The van der Waals surface area contributed by atoms with Crippen molar-refractivity contribution < 1.29 is 13.6 Å². The number of thioether (sulfide) groups is 1. The number of hydrogen-bond acceptors (Lipinski definition) is 4. The van der Waals surface area contributed by atoms with Crippen molar-refractivity contribution in [1.29, 1.82) is 0 Å². The van der Waals surface area contributed by atoms with Gasteiger partial charge in [0.1, 0.15) is 10.1 Å². The highest BCUT2D eigenvalue weighted by molar-refractivity contribution is 8.27. The number of nitrogens with one attached hydrogen (secondary N) is 1. The van der Waals surface area contributed by atoms with Crippen LogP contribution in [0.1, 0.15) is 38.7 Å². The lowest BCUT2D eigenvalue weighted by atomic mass is 9.93. The van der Waals surface area contributed by atoms with Gasteiger partial charge in [-0.05, 0) is 37.8 Å². The van der Waals surface area contributed by atoms with Crippen LogP contribution in [0.5, 0.6) is 0 Å². The van der Waals surface area contributed by atoms with Crippen LogP contribution in [0.3, 0.4) is 0 Å². The second kappa shape index (κ2) is 9.22. The molecule has 1 aliphatic carbocycles. The van der Waals surface area contributed by atoms with E-state index in [9.17, 15) is 13.6 Å². The van der Waals surface area contributed by atoms with E-state index < -0.39 is 5.92 Å². The van der Waals surface area contributed by atoms with Crippen LogP contribution in [0.2, 0.25) is 5.02 Å². The average Bonchev–Trinajstić information content (AvgIpc) is 3.11. The number of nitrogens with zero attached hydrogens (tertiary/aromatic N) is 2. The molecule has 0 atom stereocenters. The first kappa shape index (κ1) is 21.7. The van der Waals surface area contributed by atoms with Crippen molar-refractivity contribution >= 4 is 45.1 Å². The van der Waals surface area contributed by atoms with Gasteiger partial charge in [0.25, 0.3) is 5.92 Å². The minimum absolute atomic E-state index is 0.0938. The maximum absolute atomic E-state index is 13.5. The Morgan fingerprint density at radius 3 is 2.66 bits per heavy atom. The molecule has 0 unspecified atom stereocenters. The van der Waals surface area contributed by atoms with Gasteiger partial charge in [-0.15, -0.1) is 0 Å². The molecule has 1 aliphatic heterocycles. The number of alkyl halides is 2. The highest BCUT2D eigenvalue weighted by Gasteiger charge is 2.34. The van der Waals surface area contributed by atoms with E-state index in [1.165, 1.54) is 6.08 Å². The number of halogens is 3. The zero-order valence-corrected chi connectivity index (χ0v) is 17.8. The van der Waals surface area contributed by atoms with Gasteiger partial charge >= 0.3 is 0 Å². The summed E-state index contributed by atoms with van der Waals surface area (Å²) in [6.07, 6.45) is 6.30. The number of benzene rings is 1. The zero-order chi connectivity index (χ0) is 21.0. The topological polar surface area (TPSA) is 53.8 Å². The van der Waals surface area contributed by atoms with E-state index in [-0.39, 0.29) is 23.5 Å². The van der Waals surface area contributed by atoms with Crippen LogP contribution in [-0.4, -0.2) is 34.5 Å². The summed E-state index contributed by atoms with van der Waals surface area (Å²) in [4.78, 5) is 20.6. The van der Waals surface area contributed by atoms with Gasteiger partial charge in [0.15, 0.2) is 0 Å². The molecule has 29 heavy (non-hydrogen) atoms. The number of rotatable bonds is 6. The van der Waals surface area contributed by atoms with Crippen LogP contribution >= 0.6 is 23.4 Å². The van der Waals surface area contributed by atoms with Crippen molar-refractivity contribution in [3.8, 4) is 0 Å². The fourth-order valence-electron chi connectivity index (χ4n) is 2.82. The summed E-state index contributed by atoms with van der Waals surface area (Å²) in [5.41, 5.74) is 1.90. The fourth-order valence-corrected chi connectivity index (χ4v) is 3.85. The van der Waals surface area contributed by atoms with Crippen LogP contribution in [0.25, 0.3) is 5.70 Å². The number of carbonyl (C=O) groups excluding carboxylic acids is 1. The Kier molecular flexibility index (Phi) is 6.90. The summed E-state index contributed by atoms with van der Waals surface area (Å²) in [5.74, 6) is -3.16. The first-order chi connectivity index (χ1) is 13.7. The largest absolute Gasteiger partial charge is 0.350 e. The van der Waals surface area contributed by atoms with Gasteiger partial charge in [-0.25, -0.2) is 4.99 Å². The molecule has 8 heteroatoms. The molecule has 2 aliphatic rings. The van der Waals surface area contributed by atoms with Gasteiger partial charge in [0, 0.05) is 29.6 Å². The van der Waals surface area contributed by atoms with Crippen LogP contribution in [0.4, 0.5) is 8.78 Å². The van der Waals surface area contributed by atoms with E-state index in [2.05, 4.69) is 15.3 Å². The molecular formula is C21H22ClF2N3OS. The Bertz CT molecular complexity index is 915. The number of carbonyl (C=O) groups is 1. The smallest absolute Gasteiger partial charge is 0.292 e. The molecule has 1 amide bonds. The minimum Gasteiger partial charge on any atom is -0.350 e. The summed E-state index contributed by atoms with van der Waals surface area (Å²) in [5, 5.41) is 3.64. The predicted molar refractivity (Wildman–Crippen MR) is 117 cm³/mol. The third-order valence-electron chi connectivity index (χ3n) is 4.62. The molecule has 0 spiro atoms. The molecule has 0 bridgehead atoms. The Balaban J connectivity index is 1.87. The third-order valence-corrected chi connectivity index (χ3v) is 6.09. The molecule has 0 radical (unpaired) electrons. The summed E-state index contributed by atoms with van der Waals surface area (Å²) < 4.78 is 27.1. The molecule has 1 N–H and O–H groups in total. The van der Waals surface area contributed by atoms with Gasteiger partial charge in [0.05, 0.1) is 12.2 Å². The lowest BCUT2D eigenvalue weighted by Gasteiger charge is -2.25. The molecule has 1 aromatic rings. The maximum Gasteiger partial charge on any atom is 0.292 e. The van der Waals surface area contributed by atoms with Crippen molar-refractivity contribution in [1.82, 2.24) is 5.32 Å². The van der Waals surface area contributed by atoms with Gasteiger partial charge < -0.3 is 5.32 Å². The van der Waals surface area contributed by atoms with Crippen molar-refractivity contribution in [3.63, 3.8) is 0 Å². The van der Waals surface area contributed by atoms with Gasteiger partial charge in [-0.3, -0.25) is 9.79 Å². The van der Waals surface area contributed by atoms with Crippen molar-refractivity contribution in [2.75, 3.05) is 6.54 Å². The SMILES string of the molecule is CC(/C=C/C(=O)NC1CCC1)=C(\N=C1CN=C(C(C)(F)F)S1)c1ccccc1Cl. The zero-order valence-electron chi connectivity index (χ0n) is 16.2. The Labute approximate surface area is 178 Å². The second-order valence-corrected chi connectivity index (χ2v) is 8.57. The highest BCUT2D eigenvalue weighted by Crippen LogP contribution is 2.33. The number of allylic oxidation sites excluding steroid dienone is 2. The van der Waals surface area contributed by atoms with Crippen molar-refractivity contribution in [2.45, 2.75) is 45.1 Å². The minimum atomic E-state index is -3.00. The molecule has 3 rings (SSSR count). The monoisotopic (exact) mass is 437 g/mol. The van der Waals surface area contributed by atoms with E-state index in [4.69, 9.17) is 11.6 Å². The average molecular weight is 438 g/mol. The van der Waals surface area contributed by atoms with E-state index in [1.807, 2.05) is 19.1 Å². The van der Waals surface area contributed by atoms with Gasteiger partial charge in [0.2, 0.25) is 5.91 Å². The van der Waals surface area contributed by atoms with Crippen LogP contribution in [-0.2, 0) is 4.79 Å². The quantitative estimate of drug-likeness (QED) is 0.472. The molecular weight excluding hydrogens is 416 g/mol. The number of aliphatic imine (C=N–C) groups is 2. The second-order valence-electron chi connectivity index (χ2n) is 7.10. The fraction of sp³-hybridized carbons (Fsp3) is 0.381. The summed E-state index contributed by atoms with van der Waals surface area (Å²) in [6, 6.07) is 7.42. The number of hydrogen-bond donors (Lipinski definition) is 1. The Hall–Kier alpha value is -1.99. The summed E-state index contributed by atoms with van der Waals surface area (Å²) >= 11 is 7.22. The van der Waals surface area contributed by atoms with E-state index in [0.29, 0.717) is 26.9 Å². The molecule has 4 nitrogen and oxygen atoms in total. The maximum atomic E-state index is 13.5. The molecule has 0 aromatic heterocycles. The molecule has 154 valence electrons. The molecule has 0 saturated heterocycles. The third kappa shape index (κ3) is 5.76. The van der Waals surface area contributed by atoms with E-state index >= 15 is 0 Å². The summed E-state index contributed by atoms with van der Waals surface area (Å²) in [7, 11) is 0. The Morgan fingerprint density at radius 1 is 1.34 bits per heavy atom. The van der Waals surface area contributed by atoms with Crippen molar-refractivity contribution in [2.24, 2.45) is 9.98 Å². The van der Waals surface area contributed by atoms with Crippen LogP contribution in [0, 0.1) is 0 Å². The predicted octanol–water partition coefficient (Wildman–Crippen LogP) is 5.49. The van der Waals surface area contributed by atoms with Crippen LogP contribution < -0.4 is 5.32 Å². The standard InChI is InChI=1S/C21H22ClF2N3OS/c1-13(10-11-17(28)26-14-6-5-7-14)19(15-8-3-4-9-16(15)22)27-18-12-25-20(29-18)21(2,23)24/h3-4,8-11,14H,5-7,12H2,1-2H3,(H,26,28)/b11-10+,19-13+,27-18?. The normalized spacial score (nSPS) is 19.9.